The van der Waals surface area contributed by atoms with Crippen LogP contribution in [0.4, 0.5) is 0 Å². The van der Waals surface area contributed by atoms with E-state index in [0.717, 1.165) is 38.5 Å². The van der Waals surface area contributed by atoms with Gasteiger partial charge in [-0.3, -0.25) is 4.79 Å². The van der Waals surface area contributed by atoms with Crippen LogP contribution < -0.4 is 5.32 Å². The van der Waals surface area contributed by atoms with Crippen molar-refractivity contribution in [2.24, 2.45) is 0 Å². The van der Waals surface area contributed by atoms with E-state index in [4.69, 9.17) is 9.47 Å². The smallest absolute Gasteiger partial charge is 0.220 e. The number of aliphatic hydroxyl groups excluding tert-OH is 6. The number of aliphatic hydroxyl groups is 6. The molecule has 1 rings (SSSR count). The lowest BCUT2D eigenvalue weighted by Crippen LogP contribution is -2.60. The van der Waals surface area contributed by atoms with Gasteiger partial charge in [0.1, 0.15) is 30.5 Å². The molecule has 60 heavy (non-hydrogen) atoms. The van der Waals surface area contributed by atoms with E-state index in [1.807, 2.05) is 0 Å². The second-order valence-electron chi connectivity index (χ2n) is 18.5. The van der Waals surface area contributed by atoms with Crippen molar-refractivity contribution in [1.82, 2.24) is 5.32 Å². The van der Waals surface area contributed by atoms with Crippen LogP contribution in [-0.2, 0) is 14.3 Å². The third kappa shape index (κ3) is 30.3. The predicted molar refractivity (Wildman–Crippen MR) is 246 cm³/mol. The van der Waals surface area contributed by atoms with Gasteiger partial charge in [0.2, 0.25) is 5.91 Å². The summed E-state index contributed by atoms with van der Waals surface area (Å²) in [5.74, 6) is -0.252. The van der Waals surface area contributed by atoms with Gasteiger partial charge in [-0.05, 0) is 12.8 Å². The summed E-state index contributed by atoms with van der Waals surface area (Å²) in [6.45, 7) is 3.63. The van der Waals surface area contributed by atoms with Gasteiger partial charge in [-0.1, -0.05) is 232 Å². The molecule has 1 amide bonds. The minimum Gasteiger partial charge on any atom is -0.394 e. The van der Waals surface area contributed by atoms with Crippen molar-refractivity contribution in [3.63, 3.8) is 0 Å². The van der Waals surface area contributed by atoms with Gasteiger partial charge in [0, 0.05) is 6.42 Å². The van der Waals surface area contributed by atoms with E-state index >= 15 is 0 Å². The molecule has 10 nitrogen and oxygen atoms in total. The Balaban J connectivity index is 2.26. The molecule has 0 unspecified atom stereocenters. The minimum atomic E-state index is -1.60. The SMILES string of the molecule is CCCCCCCCCCCCCCCCCCCCCCCCCC(=O)N[C@@H](CO[C@@H]1O[C@H](CO)[C@@H](O)[C@H](O)[C@@H]1O)[C@H](O)[C@H](O)CCCCCCCCCCCCCC. The van der Waals surface area contributed by atoms with Crippen LogP contribution in [-0.4, -0.2) is 98.7 Å². The third-order valence-corrected chi connectivity index (χ3v) is 12.8. The van der Waals surface area contributed by atoms with E-state index in [1.165, 1.54) is 186 Å². The first-order valence-electron chi connectivity index (χ1n) is 25.8. The number of rotatable bonds is 44. The molecule has 8 atom stereocenters. The van der Waals surface area contributed by atoms with Crippen LogP contribution >= 0.6 is 0 Å². The molecule has 1 saturated heterocycles. The van der Waals surface area contributed by atoms with E-state index in [-0.39, 0.29) is 18.9 Å². The zero-order valence-electron chi connectivity index (χ0n) is 39.1. The van der Waals surface area contributed by atoms with Gasteiger partial charge in [0.25, 0.3) is 0 Å². The van der Waals surface area contributed by atoms with Crippen LogP contribution in [0.5, 0.6) is 0 Å². The normalized spacial score (nSPS) is 21.0. The van der Waals surface area contributed by atoms with Crippen LogP contribution in [0, 0.1) is 0 Å². The van der Waals surface area contributed by atoms with Crippen molar-refractivity contribution in [2.75, 3.05) is 13.2 Å². The molecule has 0 aromatic rings. The Kier molecular flexibility index (Phi) is 39.0. The van der Waals surface area contributed by atoms with Crippen LogP contribution in [0.1, 0.15) is 251 Å². The Morgan fingerprint density at radius 3 is 1.23 bits per heavy atom. The zero-order chi connectivity index (χ0) is 43.9. The number of carbonyl (C=O) groups excluding carboxylic acids is 1. The van der Waals surface area contributed by atoms with Crippen molar-refractivity contribution in [1.29, 1.82) is 0 Å². The Morgan fingerprint density at radius 2 is 0.867 bits per heavy atom. The van der Waals surface area contributed by atoms with Crippen molar-refractivity contribution in [3.8, 4) is 0 Å². The van der Waals surface area contributed by atoms with Gasteiger partial charge in [0.15, 0.2) is 6.29 Å². The van der Waals surface area contributed by atoms with Crippen molar-refractivity contribution in [2.45, 2.75) is 300 Å². The molecular formula is C50H99NO9. The van der Waals surface area contributed by atoms with Gasteiger partial charge < -0.3 is 45.4 Å². The maximum Gasteiger partial charge on any atom is 0.220 e. The summed E-state index contributed by atoms with van der Waals surface area (Å²) in [6, 6.07) is -0.985. The van der Waals surface area contributed by atoms with E-state index in [9.17, 15) is 35.4 Å². The summed E-state index contributed by atoms with van der Waals surface area (Å²) >= 11 is 0. The fourth-order valence-electron chi connectivity index (χ4n) is 8.61. The standard InChI is InChI=1S/C50H99NO9/c1-3-5-7-9-11-13-15-17-18-19-20-21-22-23-24-25-26-27-29-31-33-35-37-39-45(54)51-42(41-59-50-49(58)48(57)47(56)44(40-52)60-50)46(55)43(53)38-36-34-32-30-28-16-14-12-10-8-6-4-2/h42-44,46-50,52-53,55-58H,3-41H2,1-2H3,(H,51,54)/t42-,43+,44+,46-,47+,48-,49-,50+/m0/s1. The largest absolute Gasteiger partial charge is 0.394 e. The number of nitrogens with one attached hydrogen (secondary N) is 1. The molecule has 0 aliphatic carbocycles. The summed E-state index contributed by atoms with van der Waals surface area (Å²) < 4.78 is 11.2. The summed E-state index contributed by atoms with van der Waals surface area (Å²) in [5.41, 5.74) is 0. The molecule has 0 radical (unpaired) electrons. The highest BCUT2D eigenvalue weighted by Crippen LogP contribution is 2.23. The second-order valence-corrected chi connectivity index (χ2v) is 18.5. The lowest BCUT2D eigenvalue weighted by molar-refractivity contribution is -0.303. The maximum atomic E-state index is 13.0. The van der Waals surface area contributed by atoms with Gasteiger partial charge in [-0.25, -0.2) is 0 Å². The van der Waals surface area contributed by atoms with Gasteiger partial charge in [-0.15, -0.1) is 0 Å². The Hall–Kier alpha value is -0.850. The average molecular weight is 858 g/mol. The maximum absolute atomic E-state index is 13.0. The van der Waals surface area contributed by atoms with Crippen molar-refractivity contribution < 1.29 is 44.9 Å². The lowest BCUT2D eigenvalue weighted by Gasteiger charge is -2.40. The Bertz CT molecular complexity index is 926. The highest BCUT2D eigenvalue weighted by atomic mass is 16.7. The van der Waals surface area contributed by atoms with E-state index < -0.39 is 55.6 Å². The predicted octanol–water partition coefficient (Wildman–Crippen LogP) is 10.5. The van der Waals surface area contributed by atoms with Crippen LogP contribution in [0.25, 0.3) is 0 Å². The molecule has 10 heteroatoms. The van der Waals surface area contributed by atoms with Gasteiger partial charge in [-0.2, -0.15) is 0 Å². The van der Waals surface area contributed by atoms with E-state index in [1.54, 1.807) is 0 Å². The number of amides is 1. The van der Waals surface area contributed by atoms with Crippen molar-refractivity contribution >= 4 is 5.91 Å². The Labute approximate surface area is 368 Å². The molecule has 0 saturated carbocycles. The molecule has 1 fully saturated rings. The van der Waals surface area contributed by atoms with Crippen LogP contribution in [0.3, 0.4) is 0 Å². The molecule has 358 valence electrons. The van der Waals surface area contributed by atoms with Crippen LogP contribution in [0.15, 0.2) is 0 Å². The highest BCUT2D eigenvalue weighted by molar-refractivity contribution is 5.76. The number of hydrogen-bond donors (Lipinski definition) is 7. The lowest BCUT2D eigenvalue weighted by atomic mass is 9.98. The zero-order valence-corrected chi connectivity index (χ0v) is 39.1. The van der Waals surface area contributed by atoms with E-state index in [0.29, 0.717) is 6.42 Å². The molecular weight excluding hydrogens is 759 g/mol. The molecule has 1 aliphatic heterocycles. The van der Waals surface area contributed by atoms with Crippen molar-refractivity contribution in [3.05, 3.63) is 0 Å². The average Bonchev–Trinajstić information content (AvgIpc) is 3.25. The summed E-state index contributed by atoms with van der Waals surface area (Å²) in [4.78, 5) is 13.0. The summed E-state index contributed by atoms with van der Waals surface area (Å²) in [7, 11) is 0. The quantitative estimate of drug-likeness (QED) is 0.0295. The monoisotopic (exact) mass is 858 g/mol. The molecule has 0 bridgehead atoms. The summed E-state index contributed by atoms with van der Waals surface area (Å²) in [6.07, 6.45) is 35.5. The molecule has 0 spiro atoms. The van der Waals surface area contributed by atoms with Crippen LogP contribution in [0.2, 0.25) is 0 Å². The van der Waals surface area contributed by atoms with Gasteiger partial charge in [0.05, 0.1) is 25.4 Å². The summed E-state index contributed by atoms with van der Waals surface area (Å²) in [5, 5.41) is 65.3. The second kappa shape index (κ2) is 40.9. The number of unbranched alkanes of at least 4 members (excludes halogenated alkanes) is 33. The first-order valence-corrected chi connectivity index (χ1v) is 25.8. The first-order chi connectivity index (χ1) is 29.3. The molecule has 1 aliphatic rings. The third-order valence-electron chi connectivity index (χ3n) is 12.8. The topological polar surface area (TPSA) is 169 Å². The molecule has 0 aromatic carbocycles. The first kappa shape index (κ1) is 57.2. The molecule has 7 N–H and O–H groups in total. The minimum absolute atomic E-state index is 0.252. The fraction of sp³-hybridized carbons (Fsp3) is 0.980. The van der Waals surface area contributed by atoms with Gasteiger partial charge >= 0.3 is 0 Å². The fourth-order valence-corrected chi connectivity index (χ4v) is 8.61. The molecule has 0 aromatic heterocycles. The number of hydrogen-bond acceptors (Lipinski definition) is 9. The highest BCUT2D eigenvalue weighted by Gasteiger charge is 2.44. The number of ether oxygens (including phenoxy) is 2. The van der Waals surface area contributed by atoms with E-state index in [2.05, 4.69) is 19.2 Å². The number of carbonyl (C=O) groups is 1. The Morgan fingerprint density at radius 1 is 0.517 bits per heavy atom. The molecule has 1 heterocycles.